The molecule has 3 aliphatic rings. The van der Waals surface area contributed by atoms with Crippen molar-refractivity contribution in [1.82, 2.24) is 15.2 Å². The van der Waals surface area contributed by atoms with Crippen LogP contribution in [-0.2, 0) is 17.7 Å². The van der Waals surface area contributed by atoms with E-state index in [-0.39, 0.29) is 36.1 Å². The summed E-state index contributed by atoms with van der Waals surface area (Å²) < 4.78 is 18.1. The van der Waals surface area contributed by atoms with Crippen molar-refractivity contribution in [3.05, 3.63) is 56.5 Å². The number of H-pyrrole nitrogens is 1. The van der Waals surface area contributed by atoms with Crippen molar-refractivity contribution < 1.29 is 23.8 Å². The van der Waals surface area contributed by atoms with Gasteiger partial charge >= 0.3 is 6.09 Å². The van der Waals surface area contributed by atoms with Crippen molar-refractivity contribution in [3.8, 4) is 11.5 Å². The summed E-state index contributed by atoms with van der Waals surface area (Å²) in [5.74, 6) is 0.437. The summed E-state index contributed by atoms with van der Waals surface area (Å²) in [4.78, 5) is 42.7. The van der Waals surface area contributed by atoms with E-state index in [1.54, 1.807) is 11.0 Å². The van der Waals surface area contributed by atoms with Gasteiger partial charge in [-0.15, -0.1) is 0 Å². The fourth-order valence-corrected chi connectivity index (χ4v) is 5.98. The normalized spacial score (nSPS) is 24.4. The van der Waals surface area contributed by atoms with Crippen LogP contribution in [0.1, 0.15) is 86.1 Å². The smallest absolute Gasteiger partial charge is 0.407 e. The van der Waals surface area contributed by atoms with Crippen LogP contribution in [0.25, 0.3) is 0 Å². The lowest BCUT2D eigenvalue weighted by molar-refractivity contribution is -0.121. The zero-order chi connectivity index (χ0) is 28.1. The van der Waals surface area contributed by atoms with Crippen LogP contribution in [0.4, 0.5) is 4.79 Å². The van der Waals surface area contributed by atoms with Gasteiger partial charge in [0.25, 0.3) is 17.3 Å². The number of rotatable bonds is 4. The molecule has 2 aliphatic heterocycles. The van der Waals surface area contributed by atoms with Crippen molar-refractivity contribution >= 4 is 12.0 Å². The van der Waals surface area contributed by atoms with Gasteiger partial charge in [0.15, 0.2) is 11.5 Å². The molecule has 1 aromatic carbocycles. The van der Waals surface area contributed by atoms with Crippen molar-refractivity contribution in [2.45, 2.75) is 97.6 Å². The largest absolute Gasteiger partial charge is 0.448 e. The molecule has 5 rings (SSSR count). The quantitative estimate of drug-likeness (QED) is 0.582. The number of carbonyl (C=O) groups excluding carboxylic acids is 2. The lowest BCUT2D eigenvalue weighted by Gasteiger charge is -2.37. The van der Waals surface area contributed by atoms with E-state index in [1.807, 2.05) is 53.7 Å². The Kier molecular flexibility index (Phi) is 6.89. The van der Waals surface area contributed by atoms with E-state index < -0.39 is 11.4 Å². The number of carbonyl (C=O) groups is 2. The summed E-state index contributed by atoms with van der Waals surface area (Å²) >= 11 is 0. The van der Waals surface area contributed by atoms with Gasteiger partial charge in [-0.05, 0) is 96.0 Å². The van der Waals surface area contributed by atoms with Gasteiger partial charge in [0, 0.05) is 42.2 Å². The van der Waals surface area contributed by atoms with Gasteiger partial charge in [-0.25, -0.2) is 4.79 Å². The first-order valence-electron chi connectivity index (χ1n) is 13.8. The molecule has 1 saturated carbocycles. The molecule has 0 spiro atoms. The average Bonchev–Trinajstić information content (AvgIpc) is 3.17. The van der Waals surface area contributed by atoms with Crippen LogP contribution < -0.4 is 20.3 Å². The van der Waals surface area contributed by atoms with E-state index in [9.17, 15) is 14.4 Å². The second-order valence-corrected chi connectivity index (χ2v) is 12.3. The van der Waals surface area contributed by atoms with Crippen LogP contribution in [0.5, 0.6) is 11.5 Å². The first kappa shape index (κ1) is 27.1. The predicted octanol–water partition coefficient (Wildman–Crippen LogP) is 4.76. The second kappa shape index (κ2) is 9.92. The van der Waals surface area contributed by atoms with E-state index in [1.165, 1.54) is 0 Å². The van der Waals surface area contributed by atoms with E-state index in [0.717, 1.165) is 42.5 Å². The number of alkyl carbamates (subject to hydrolysis) is 1. The molecule has 0 radical (unpaired) electrons. The van der Waals surface area contributed by atoms with Gasteiger partial charge in [-0.3, -0.25) is 9.59 Å². The van der Waals surface area contributed by atoms with E-state index >= 15 is 0 Å². The molecule has 1 aliphatic carbocycles. The van der Waals surface area contributed by atoms with Gasteiger partial charge in [0.2, 0.25) is 0 Å². The van der Waals surface area contributed by atoms with Gasteiger partial charge in [-0.2, -0.15) is 0 Å². The van der Waals surface area contributed by atoms with Crippen LogP contribution in [0, 0.1) is 19.8 Å². The minimum absolute atomic E-state index is 0.0591. The molecule has 0 bridgehead atoms. The molecule has 2 N–H and O–H groups in total. The Morgan fingerprint density at radius 1 is 1.10 bits per heavy atom. The van der Waals surface area contributed by atoms with Crippen molar-refractivity contribution in [2.24, 2.45) is 5.92 Å². The Bertz CT molecular complexity index is 1350. The lowest BCUT2D eigenvalue weighted by atomic mass is 9.81. The molecule has 39 heavy (non-hydrogen) atoms. The fourth-order valence-electron chi connectivity index (χ4n) is 5.98. The molecular weight excluding hydrogens is 498 g/mol. The Labute approximate surface area is 229 Å². The Morgan fingerprint density at radius 2 is 1.77 bits per heavy atom. The number of benzene rings is 1. The third kappa shape index (κ3) is 5.63. The summed E-state index contributed by atoms with van der Waals surface area (Å²) in [6.07, 6.45) is 3.58. The Balaban J connectivity index is 1.24. The van der Waals surface area contributed by atoms with E-state index in [2.05, 4.69) is 10.3 Å². The number of hydrogen-bond acceptors (Lipinski definition) is 6. The number of aryl methyl sites for hydroxylation is 2. The van der Waals surface area contributed by atoms with Gasteiger partial charge in [0.1, 0.15) is 5.60 Å². The first-order valence-corrected chi connectivity index (χ1v) is 13.8. The Hall–Kier alpha value is -3.49. The van der Waals surface area contributed by atoms with Crippen LogP contribution in [-0.4, -0.2) is 45.9 Å². The number of aromatic nitrogens is 1. The number of ether oxygens (including phenoxy) is 3. The standard InChI is InChI=1S/C30H39N3O6/c1-17-13-18(2)31-26(34)23(17)16-33-12-11-19-14-24-25(15-22(19)27(33)35)38-30(6,37-24)20-7-9-21(10-8-20)32-28(36)39-29(3,4)5/h13-15,20-21H,7-12,16H2,1-6H3,(H,31,34)(H,32,36). The van der Waals surface area contributed by atoms with Crippen LogP contribution in [0.15, 0.2) is 23.0 Å². The van der Waals surface area contributed by atoms with E-state index in [4.69, 9.17) is 14.2 Å². The zero-order valence-electron chi connectivity index (χ0n) is 23.7. The maximum atomic E-state index is 13.5. The molecule has 3 heterocycles. The number of fused-ring (bicyclic) bond motifs is 2. The summed E-state index contributed by atoms with van der Waals surface area (Å²) in [6, 6.07) is 5.72. The molecule has 0 saturated heterocycles. The van der Waals surface area contributed by atoms with Crippen molar-refractivity contribution in [1.29, 1.82) is 0 Å². The number of amides is 2. The van der Waals surface area contributed by atoms with Gasteiger partial charge in [-0.1, -0.05) is 0 Å². The summed E-state index contributed by atoms with van der Waals surface area (Å²) in [5, 5.41) is 2.98. The third-order valence-electron chi connectivity index (χ3n) is 8.00. The fraction of sp³-hybridized carbons (Fsp3) is 0.567. The molecule has 2 aromatic rings. The minimum Gasteiger partial charge on any atom is -0.448 e. The third-order valence-corrected chi connectivity index (χ3v) is 8.00. The van der Waals surface area contributed by atoms with Crippen LogP contribution in [0.3, 0.4) is 0 Å². The number of pyridine rings is 1. The maximum absolute atomic E-state index is 13.5. The van der Waals surface area contributed by atoms with Gasteiger partial charge < -0.3 is 29.4 Å². The van der Waals surface area contributed by atoms with Gasteiger partial charge in [0.05, 0.1) is 6.54 Å². The second-order valence-electron chi connectivity index (χ2n) is 12.3. The molecule has 1 unspecified atom stereocenters. The zero-order valence-corrected chi connectivity index (χ0v) is 23.7. The topological polar surface area (TPSA) is 110 Å². The number of hydrogen-bond donors (Lipinski definition) is 2. The monoisotopic (exact) mass is 537 g/mol. The molecule has 2 amide bonds. The van der Waals surface area contributed by atoms with E-state index in [0.29, 0.717) is 35.6 Å². The average molecular weight is 538 g/mol. The summed E-state index contributed by atoms with van der Waals surface area (Å²) in [7, 11) is 0. The highest BCUT2D eigenvalue weighted by Crippen LogP contribution is 2.47. The number of nitrogens with one attached hydrogen (secondary N) is 2. The Morgan fingerprint density at radius 3 is 2.41 bits per heavy atom. The molecule has 1 atom stereocenters. The highest BCUT2D eigenvalue weighted by Gasteiger charge is 2.46. The van der Waals surface area contributed by atoms with Crippen LogP contribution >= 0.6 is 0 Å². The molecule has 1 aromatic heterocycles. The minimum atomic E-state index is -0.835. The number of nitrogens with zero attached hydrogens (tertiary/aromatic N) is 1. The summed E-state index contributed by atoms with van der Waals surface area (Å²) in [6.45, 7) is 12.1. The molecule has 210 valence electrons. The van der Waals surface area contributed by atoms with Crippen LogP contribution in [0.2, 0.25) is 0 Å². The van der Waals surface area contributed by atoms with Crippen molar-refractivity contribution in [2.75, 3.05) is 6.54 Å². The lowest BCUT2D eigenvalue weighted by Crippen LogP contribution is -2.48. The highest BCUT2D eigenvalue weighted by molar-refractivity contribution is 5.97. The summed E-state index contributed by atoms with van der Waals surface area (Å²) in [5.41, 5.74) is 3.15. The predicted molar refractivity (Wildman–Crippen MR) is 146 cm³/mol. The molecular formula is C30H39N3O6. The van der Waals surface area contributed by atoms with Crippen molar-refractivity contribution in [3.63, 3.8) is 0 Å². The molecule has 9 heteroatoms. The SMILES string of the molecule is Cc1cc(C)c(CN2CCc3cc4c(cc3C2=O)OC(C)(C2CCC(NC(=O)OC(C)(C)C)CC2)O4)c(=O)[nH]1. The first-order chi connectivity index (χ1) is 18.3. The maximum Gasteiger partial charge on any atom is 0.407 e. The molecule has 1 fully saturated rings. The highest BCUT2D eigenvalue weighted by atomic mass is 16.7. The number of aromatic amines is 1. The molecule has 9 nitrogen and oxygen atoms in total.